The molecule has 0 fully saturated rings. The Morgan fingerprint density at radius 3 is 2.81 bits per heavy atom. The lowest BCUT2D eigenvalue weighted by atomic mass is 10.2. The molecule has 1 amide bonds. The van der Waals surface area contributed by atoms with E-state index in [1.54, 1.807) is 23.7 Å². The van der Waals surface area contributed by atoms with Crippen molar-refractivity contribution in [3.05, 3.63) is 18.0 Å². The fourth-order valence-electron chi connectivity index (χ4n) is 1.38. The summed E-state index contributed by atoms with van der Waals surface area (Å²) in [5, 5.41) is 7.34. The van der Waals surface area contributed by atoms with Gasteiger partial charge in [0, 0.05) is 40.3 Å². The highest BCUT2D eigenvalue weighted by Crippen LogP contribution is 1.96. The summed E-state index contributed by atoms with van der Waals surface area (Å²) in [6.45, 7) is 1.61. The van der Waals surface area contributed by atoms with Crippen LogP contribution in [0.25, 0.3) is 0 Å². The predicted octanol–water partition coefficient (Wildman–Crippen LogP) is 0.0305. The fourth-order valence-corrected chi connectivity index (χ4v) is 1.38. The quantitative estimate of drug-likeness (QED) is 0.694. The van der Waals surface area contributed by atoms with E-state index < -0.39 is 0 Å². The lowest BCUT2D eigenvalue weighted by Crippen LogP contribution is -2.27. The van der Waals surface area contributed by atoms with Crippen molar-refractivity contribution >= 4 is 5.91 Å². The minimum Gasteiger partial charge on any atom is -0.349 e. The first-order chi connectivity index (χ1) is 7.59. The van der Waals surface area contributed by atoms with Crippen molar-refractivity contribution in [1.29, 1.82) is 0 Å². The fraction of sp³-hybridized carbons (Fsp3) is 0.636. The molecule has 0 spiro atoms. The molecule has 1 aromatic rings. The van der Waals surface area contributed by atoms with Crippen LogP contribution in [0.5, 0.6) is 0 Å². The number of carbonyl (C=O) groups excluding carboxylic acids is 1. The predicted molar refractivity (Wildman–Crippen MR) is 63.1 cm³/mol. The number of amides is 1. The smallest absolute Gasteiger partial charge is 0.223 e. The van der Waals surface area contributed by atoms with Crippen LogP contribution in [0.15, 0.2) is 12.4 Å². The molecular weight excluding hydrogens is 204 g/mol. The molecule has 5 heteroatoms. The number of carbonyl (C=O) groups is 1. The number of aryl methyl sites for hydroxylation is 1. The van der Waals surface area contributed by atoms with Crippen LogP contribution < -0.4 is 5.32 Å². The maximum atomic E-state index is 11.3. The van der Waals surface area contributed by atoms with Gasteiger partial charge in [-0.2, -0.15) is 5.10 Å². The second-order valence-electron chi connectivity index (χ2n) is 4.06. The van der Waals surface area contributed by atoms with Gasteiger partial charge < -0.3 is 10.2 Å². The molecule has 0 bridgehead atoms. The molecule has 1 aromatic heterocycles. The van der Waals surface area contributed by atoms with E-state index in [2.05, 4.69) is 10.4 Å². The van der Waals surface area contributed by atoms with Crippen molar-refractivity contribution in [3.8, 4) is 0 Å². The molecule has 90 valence electrons. The summed E-state index contributed by atoms with van der Waals surface area (Å²) in [7, 11) is 5.46. The van der Waals surface area contributed by atoms with E-state index in [1.807, 2.05) is 19.4 Å². The lowest BCUT2D eigenvalue weighted by Gasteiger charge is -2.10. The number of nitrogens with one attached hydrogen (secondary N) is 1. The summed E-state index contributed by atoms with van der Waals surface area (Å²) in [6, 6.07) is 0. The summed E-state index contributed by atoms with van der Waals surface area (Å²) in [5.74, 6) is 0.161. The Morgan fingerprint density at radius 1 is 1.50 bits per heavy atom. The summed E-state index contributed by atoms with van der Waals surface area (Å²) < 4.78 is 1.80. The molecule has 1 N–H and O–H groups in total. The summed E-state index contributed by atoms with van der Waals surface area (Å²) in [5.41, 5.74) is 1.22. The third kappa shape index (κ3) is 4.44. The van der Waals surface area contributed by atoms with Gasteiger partial charge in [0.25, 0.3) is 0 Å². The first-order valence-electron chi connectivity index (χ1n) is 5.48. The lowest BCUT2D eigenvalue weighted by molar-refractivity contribution is -0.128. The van der Waals surface area contributed by atoms with Gasteiger partial charge in [0.15, 0.2) is 0 Å². The van der Waals surface area contributed by atoms with Crippen LogP contribution in [-0.2, 0) is 18.3 Å². The Balaban J connectivity index is 2.06. The van der Waals surface area contributed by atoms with Gasteiger partial charge in [0.1, 0.15) is 0 Å². The van der Waals surface area contributed by atoms with Crippen molar-refractivity contribution in [2.24, 2.45) is 7.05 Å². The second-order valence-corrected chi connectivity index (χ2v) is 4.06. The van der Waals surface area contributed by atoms with E-state index in [1.165, 1.54) is 5.56 Å². The molecule has 0 radical (unpaired) electrons. The van der Waals surface area contributed by atoms with Crippen LogP contribution in [0.3, 0.4) is 0 Å². The monoisotopic (exact) mass is 224 g/mol. The minimum absolute atomic E-state index is 0.161. The highest BCUT2D eigenvalue weighted by Gasteiger charge is 2.02. The zero-order chi connectivity index (χ0) is 12.0. The van der Waals surface area contributed by atoms with Gasteiger partial charge >= 0.3 is 0 Å². The van der Waals surface area contributed by atoms with Crippen molar-refractivity contribution in [2.45, 2.75) is 12.8 Å². The van der Waals surface area contributed by atoms with Crippen LogP contribution >= 0.6 is 0 Å². The Labute approximate surface area is 96.4 Å². The van der Waals surface area contributed by atoms with E-state index in [4.69, 9.17) is 0 Å². The van der Waals surface area contributed by atoms with Gasteiger partial charge in [-0.3, -0.25) is 9.48 Å². The van der Waals surface area contributed by atoms with Gasteiger partial charge in [0.05, 0.1) is 6.20 Å². The highest BCUT2D eigenvalue weighted by atomic mass is 16.2. The molecule has 16 heavy (non-hydrogen) atoms. The Kier molecular flexibility index (Phi) is 4.98. The van der Waals surface area contributed by atoms with Gasteiger partial charge in [-0.25, -0.2) is 0 Å². The SMILES string of the molecule is CN(C)C(=O)CCNCCc1cnn(C)c1. The molecule has 0 aliphatic heterocycles. The molecule has 0 atom stereocenters. The maximum Gasteiger partial charge on any atom is 0.223 e. The average Bonchev–Trinajstić information content (AvgIpc) is 2.63. The molecule has 5 nitrogen and oxygen atoms in total. The number of hydrogen-bond acceptors (Lipinski definition) is 3. The summed E-state index contributed by atoms with van der Waals surface area (Å²) in [6.07, 6.45) is 5.38. The first-order valence-corrected chi connectivity index (χ1v) is 5.48. The average molecular weight is 224 g/mol. The molecule has 0 aromatic carbocycles. The second kappa shape index (κ2) is 6.27. The third-order valence-corrected chi connectivity index (χ3v) is 2.36. The van der Waals surface area contributed by atoms with Crippen LogP contribution in [-0.4, -0.2) is 47.8 Å². The van der Waals surface area contributed by atoms with Crippen LogP contribution in [0, 0.1) is 0 Å². The van der Waals surface area contributed by atoms with E-state index in [-0.39, 0.29) is 5.91 Å². The van der Waals surface area contributed by atoms with Crippen molar-refractivity contribution in [2.75, 3.05) is 27.2 Å². The zero-order valence-corrected chi connectivity index (χ0v) is 10.2. The van der Waals surface area contributed by atoms with Gasteiger partial charge in [-0.15, -0.1) is 0 Å². The zero-order valence-electron chi connectivity index (χ0n) is 10.2. The van der Waals surface area contributed by atoms with E-state index in [9.17, 15) is 4.79 Å². The topological polar surface area (TPSA) is 50.2 Å². The van der Waals surface area contributed by atoms with Crippen LogP contribution in [0.2, 0.25) is 0 Å². The number of aromatic nitrogens is 2. The molecular formula is C11H20N4O. The molecule has 1 rings (SSSR count). The van der Waals surface area contributed by atoms with Crippen molar-refractivity contribution in [1.82, 2.24) is 20.0 Å². The molecule has 0 saturated carbocycles. The Bertz CT molecular complexity index is 332. The van der Waals surface area contributed by atoms with Crippen molar-refractivity contribution in [3.63, 3.8) is 0 Å². The minimum atomic E-state index is 0.161. The number of hydrogen-bond donors (Lipinski definition) is 1. The van der Waals surface area contributed by atoms with E-state index >= 15 is 0 Å². The normalized spacial score (nSPS) is 10.4. The van der Waals surface area contributed by atoms with E-state index in [0.29, 0.717) is 6.42 Å². The summed E-state index contributed by atoms with van der Waals surface area (Å²) in [4.78, 5) is 12.9. The van der Waals surface area contributed by atoms with Crippen molar-refractivity contribution < 1.29 is 4.79 Å². The Hall–Kier alpha value is -1.36. The molecule has 0 aliphatic rings. The molecule has 0 saturated heterocycles. The third-order valence-electron chi connectivity index (χ3n) is 2.36. The standard InChI is InChI=1S/C11H20N4O/c1-14(2)11(16)5-7-12-6-4-10-8-13-15(3)9-10/h8-9,12H,4-7H2,1-3H3. The number of rotatable bonds is 6. The van der Waals surface area contributed by atoms with Gasteiger partial charge in [0.2, 0.25) is 5.91 Å². The molecule has 0 unspecified atom stereocenters. The van der Waals surface area contributed by atoms with Crippen LogP contribution in [0.1, 0.15) is 12.0 Å². The van der Waals surface area contributed by atoms with Gasteiger partial charge in [-0.1, -0.05) is 0 Å². The number of nitrogens with zero attached hydrogens (tertiary/aromatic N) is 3. The molecule has 1 heterocycles. The first kappa shape index (κ1) is 12.7. The van der Waals surface area contributed by atoms with Crippen LogP contribution in [0.4, 0.5) is 0 Å². The van der Waals surface area contributed by atoms with Gasteiger partial charge in [-0.05, 0) is 18.5 Å². The summed E-state index contributed by atoms with van der Waals surface area (Å²) >= 11 is 0. The molecule has 0 aliphatic carbocycles. The maximum absolute atomic E-state index is 11.3. The highest BCUT2D eigenvalue weighted by molar-refractivity contribution is 5.75. The Morgan fingerprint density at radius 2 is 2.25 bits per heavy atom. The van der Waals surface area contributed by atoms with E-state index in [0.717, 1.165) is 19.5 Å². The largest absolute Gasteiger partial charge is 0.349 e.